The normalized spacial score (nSPS) is 11.2. The van der Waals surface area contributed by atoms with E-state index in [-0.39, 0.29) is 22.4 Å². The molecule has 0 aliphatic heterocycles. The molecule has 0 spiro atoms. The minimum Gasteiger partial charge on any atom is -0.477 e. The molecule has 0 saturated carbocycles. The van der Waals surface area contributed by atoms with Gasteiger partial charge >= 0.3 is 5.97 Å². The monoisotopic (exact) mass is 370 g/mol. The van der Waals surface area contributed by atoms with Gasteiger partial charge in [-0.1, -0.05) is 24.6 Å². The molecule has 7 heteroatoms. The molecule has 0 unspecified atom stereocenters. The van der Waals surface area contributed by atoms with Gasteiger partial charge in [0.05, 0.1) is 0 Å². The summed E-state index contributed by atoms with van der Waals surface area (Å²) in [5.74, 6) is -4.69. The second-order valence-corrected chi connectivity index (χ2v) is 6.61. The molecular formula is C17H10ClF3O2S. The number of rotatable bonds is 3. The van der Waals surface area contributed by atoms with Crippen molar-refractivity contribution in [2.24, 2.45) is 0 Å². The van der Waals surface area contributed by atoms with Gasteiger partial charge in [0.15, 0.2) is 11.6 Å². The molecule has 0 atom stereocenters. The maximum absolute atomic E-state index is 14.7. The molecule has 0 bridgehead atoms. The van der Waals surface area contributed by atoms with Crippen molar-refractivity contribution in [1.29, 1.82) is 0 Å². The first-order valence-corrected chi connectivity index (χ1v) is 8.16. The van der Waals surface area contributed by atoms with Gasteiger partial charge in [0.2, 0.25) is 0 Å². The Labute approximate surface area is 144 Å². The average Bonchev–Trinajstić information content (AvgIpc) is 2.90. The molecule has 0 aliphatic carbocycles. The van der Waals surface area contributed by atoms with Crippen LogP contribution >= 0.6 is 22.9 Å². The van der Waals surface area contributed by atoms with Crippen LogP contribution in [0.5, 0.6) is 0 Å². The van der Waals surface area contributed by atoms with Crippen molar-refractivity contribution in [3.05, 3.63) is 57.2 Å². The summed E-state index contributed by atoms with van der Waals surface area (Å²) in [5, 5.41) is 10.2. The third-order valence-corrected chi connectivity index (χ3v) is 5.09. The Bertz CT molecular complexity index is 982. The molecule has 0 saturated heterocycles. The van der Waals surface area contributed by atoms with Gasteiger partial charge in [-0.05, 0) is 24.6 Å². The minimum absolute atomic E-state index is 0.0327. The number of carboxylic acid groups (broad SMARTS) is 1. The van der Waals surface area contributed by atoms with Crippen molar-refractivity contribution >= 4 is 39.0 Å². The first kappa shape index (κ1) is 16.8. The summed E-state index contributed by atoms with van der Waals surface area (Å²) >= 11 is 6.81. The Balaban J connectivity index is 2.44. The van der Waals surface area contributed by atoms with Crippen LogP contribution in [0, 0.1) is 17.5 Å². The number of aromatic carboxylic acids is 1. The topological polar surface area (TPSA) is 37.3 Å². The molecule has 2 nitrogen and oxygen atoms in total. The van der Waals surface area contributed by atoms with Gasteiger partial charge in [-0.15, -0.1) is 11.3 Å². The lowest BCUT2D eigenvalue weighted by Crippen LogP contribution is -2.03. The maximum Gasteiger partial charge on any atom is 0.346 e. The van der Waals surface area contributed by atoms with E-state index in [9.17, 15) is 23.1 Å². The molecule has 1 aromatic heterocycles. The Morgan fingerprint density at radius 2 is 1.92 bits per heavy atom. The van der Waals surface area contributed by atoms with Crippen LogP contribution in [-0.2, 0) is 6.42 Å². The fraction of sp³-hybridized carbons (Fsp3) is 0.118. The number of hydrogen-bond donors (Lipinski definition) is 1. The number of benzene rings is 2. The molecule has 0 aliphatic rings. The Kier molecular flexibility index (Phi) is 4.27. The lowest BCUT2D eigenvalue weighted by molar-refractivity contribution is 0.0703. The van der Waals surface area contributed by atoms with Gasteiger partial charge in [-0.2, -0.15) is 0 Å². The summed E-state index contributed by atoms with van der Waals surface area (Å²) in [7, 11) is 0. The number of carboxylic acids is 1. The van der Waals surface area contributed by atoms with E-state index in [0.29, 0.717) is 21.2 Å². The van der Waals surface area contributed by atoms with Crippen molar-refractivity contribution in [2.75, 3.05) is 0 Å². The summed E-state index contributed by atoms with van der Waals surface area (Å²) in [6.45, 7) is 1.49. The summed E-state index contributed by atoms with van der Waals surface area (Å²) in [5.41, 5.74) is -0.642. The van der Waals surface area contributed by atoms with Crippen molar-refractivity contribution in [1.82, 2.24) is 0 Å². The molecule has 0 radical (unpaired) electrons. The fourth-order valence-electron chi connectivity index (χ4n) is 2.64. The number of thiophene rings is 1. The van der Waals surface area contributed by atoms with Crippen molar-refractivity contribution < 1.29 is 23.1 Å². The van der Waals surface area contributed by atoms with Gasteiger partial charge in [0.25, 0.3) is 0 Å². The quantitative estimate of drug-likeness (QED) is 0.583. The molecular weight excluding hydrogens is 361 g/mol. The predicted octanol–water partition coefficient (Wildman–Crippen LogP) is 5.90. The SMILES string of the molecule is CCc1c(F)c(F)cc(-c2c(C(=O)O)sc3cc(Cl)ccc23)c1F. The highest BCUT2D eigenvalue weighted by Gasteiger charge is 2.25. The standard InChI is InChI=1S/C17H10ClF3O2S/c1-2-8-14(20)10(6-11(19)15(8)21)13-9-4-3-7(18)5-12(9)24-16(13)17(22)23/h3-6H,2H2,1H3,(H,22,23). The van der Waals surface area contributed by atoms with Crippen LogP contribution in [0.3, 0.4) is 0 Å². The second-order valence-electron chi connectivity index (χ2n) is 5.12. The van der Waals surface area contributed by atoms with Crippen molar-refractivity contribution in [3.8, 4) is 11.1 Å². The second kappa shape index (κ2) is 6.11. The number of hydrogen-bond acceptors (Lipinski definition) is 2. The van der Waals surface area contributed by atoms with Crippen LogP contribution in [0.1, 0.15) is 22.2 Å². The fourth-order valence-corrected chi connectivity index (χ4v) is 3.97. The largest absolute Gasteiger partial charge is 0.477 e. The lowest BCUT2D eigenvalue weighted by atomic mass is 9.97. The van der Waals surface area contributed by atoms with E-state index in [2.05, 4.69) is 0 Å². The summed E-state index contributed by atoms with van der Waals surface area (Å²) in [4.78, 5) is 11.4. The molecule has 2 aromatic carbocycles. The number of halogens is 4. The highest BCUT2D eigenvalue weighted by molar-refractivity contribution is 7.21. The molecule has 0 amide bonds. The molecule has 1 heterocycles. The van der Waals surface area contributed by atoms with E-state index < -0.39 is 29.0 Å². The van der Waals surface area contributed by atoms with E-state index >= 15 is 0 Å². The maximum atomic E-state index is 14.7. The van der Waals surface area contributed by atoms with Gasteiger partial charge in [0.1, 0.15) is 10.7 Å². The van der Waals surface area contributed by atoms with Crippen molar-refractivity contribution in [2.45, 2.75) is 13.3 Å². The summed E-state index contributed by atoms with van der Waals surface area (Å²) in [6.07, 6.45) is -0.0568. The van der Waals surface area contributed by atoms with Crippen LogP contribution < -0.4 is 0 Å². The van der Waals surface area contributed by atoms with Crippen molar-refractivity contribution in [3.63, 3.8) is 0 Å². The van der Waals surface area contributed by atoms with Crippen LogP contribution in [0.2, 0.25) is 5.02 Å². The Hall–Kier alpha value is -2.05. The van der Waals surface area contributed by atoms with Crippen LogP contribution in [0.25, 0.3) is 21.2 Å². The third kappa shape index (κ3) is 2.56. The number of fused-ring (bicyclic) bond motifs is 1. The predicted molar refractivity (Wildman–Crippen MR) is 88.5 cm³/mol. The zero-order valence-electron chi connectivity index (χ0n) is 12.3. The zero-order chi connectivity index (χ0) is 17.6. The highest BCUT2D eigenvalue weighted by atomic mass is 35.5. The third-order valence-electron chi connectivity index (χ3n) is 3.72. The molecule has 124 valence electrons. The highest BCUT2D eigenvalue weighted by Crippen LogP contribution is 2.42. The molecule has 3 rings (SSSR count). The van der Waals surface area contributed by atoms with Gasteiger partial charge in [0, 0.05) is 31.8 Å². The zero-order valence-corrected chi connectivity index (χ0v) is 13.9. The van der Waals surface area contributed by atoms with Crippen LogP contribution in [0.4, 0.5) is 13.2 Å². The van der Waals surface area contributed by atoms with E-state index in [0.717, 1.165) is 11.3 Å². The molecule has 0 fully saturated rings. The average molecular weight is 371 g/mol. The van der Waals surface area contributed by atoms with Gasteiger partial charge < -0.3 is 5.11 Å². The van der Waals surface area contributed by atoms with E-state index in [4.69, 9.17) is 11.6 Å². The van der Waals surface area contributed by atoms with Gasteiger partial charge in [-0.25, -0.2) is 18.0 Å². The summed E-state index contributed by atoms with van der Waals surface area (Å²) in [6, 6.07) is 5.33. The molecule has 24 heavy (non-hydrogen) atoms. The molecule has 3 aromatic rings. The summed E-state index contributed by atoms with van der Waals surface area (Å²) < 4.78 is 42.9. The van der Waals surface area contributed by atoms with E-state index in [1.54, 1.807) is 12.1 Å². The van der Waals surface area contributed by atoms with Crippen LogP contribution in [-0.4, -0.2) is 11.1 Å². The Morgan fingerprint density at radius 3 is 2.54 bits per heavy atom. The minimum atomic E-state index is -1.27. The first-order valence-electron chi connectivity index (χ1n) is 6.97. The van der Waals surface area contributed by atoms with E-state index in [1.165, 1.54) is 13.0 Å². The smallest absolute Gasteiger partial charge is 0.346 e. The molecule has 1 N–H and O–H groups in total. The first-order chi connectivity index (χ1) is 11.3. The number of carbonyl (C=O) groups is 1. The van der Waals surface area contributed by atoms with E-state index in [1.807, 2.05) is 0 Å². The Morgan fingerprint density at radius 1 is 1.21 bits per heavy atom. The lowest BCUT2D eigenvalue weighted by Gasteiger charge is -2.10. The van der Waals surface area contributed by atoms with Crippen LogP contribution in [0.15, 0.2) is 24.3 Å². The van der Waals surface area contributed by atoms with Gasteiger partial charge in [-0.3, -0.25) is 0 Å².